The van der Waals surface area contributed by atoms with E-state index in [1.54, 1.807) is 31.4 Å². The fraction of sp³-hybridized carbons (Fsp3) is 0.233. The summed E-state index contributed by atoms with van der Waals surface area (Å²) in [5.41, 5.74) is 6.24. The predicted molar refractivity (Wildman–Crippen MR) is 199 cm³/mol. The second-order valence-electron chi connectivity index (χ2n) is 12.7. The summed E-state index contributed by atoms with van der Waals surface area (Å²) in [5.74, 6) is 0.672. The quantitative estimate of drug-likeness (QED) is 0.0974. The Morgan fingerprint density at radius 3 is 1.25 bits per heavy atom. The lowest BCUT2D eigenvalue weighted by Gasteiger charge is -2.26. The highest BCUT2D eigenvalue weighted by atomic mass is 16.7. The van der Waals surface area contributed by atoms with E-state index in [4.69, 9.17) is 24.1 Å². The van der Waals surface area contributed by atoms with E-state index in [1.807, 2.05) is 66.7 Å². The molecule has 0 aromatic heterocycles. The molecule has 0 aliphatic heterocycles. The molecule has 0 radical (unpaired) electrons. The van der Waals surface area contributed by atoms with Crippen molar-refractivity contribution in [1.82, 2.24) is 0 Å². The Bertz CT molecular complexity index is 1840. The largest absolute Gasteiger partial charge is 0.513 e. The first-order valence-corrected chi connectivity index (χ1v) is 16.3. The summed E-state index contributed by atoms with van der Waals surface area (Å²) in [5, 5.41) is 7.42. The standard InChI is InChI=1S/C23H22O2.C18H20O4.C2H4O2/c1-17-9-11-19(12-10-17)23(2,3)20-13-15-21(16-14-20)25-22(24)18-7-5-4-6-8-18;1-18(2,13-5-9-15(20-3)10-6-13)14-7-11-16(12-8-14)22-17(19)21-4;1-2(3)4/h4-16H,1-3H3;5-12H,1-4H3;1H3,(H,3,4). The first-order valence-electron chi connectivity index (χ1n) is 16.3. The van der Waals surface area contributed by atoms with Crippen molar-refractivity contribution >= 4 is 18.1 Å². The third-order valence-electron chi connectivity index (χ3n) is 8.32. The van der Waals surface area contributed by atoms with Crippen LogP contribution in [-0.2, 0) is 20.4 Å². The predicted octanol–water partition coefficient (Wildman–Crippen LogP) is 9.80. The van der Waals surface area contributed by atoms with Gasteiger partial charge in [-0.3, -0.25) is 4.79 Å². The maximum atomic E-state index is 12.1. The molecule has 5 aromatic rings. The molecule has 8 heteroatoms. The number of carboxylic acids is 1. The molecule has 266 valence electrons. The molecule has 1 N–H and O–H groups in total. The van der Waals surface area contributed by atoms with Gasteiger partial charge in [0.25, 0.3) is 5.97 Å². The third-order valence-corrected chi connectivity index (χ3v) is 8.32. The monoisotopic (exact) mass is 690 g/mol. The van der Waals surface area contributed by atoms with Gasteiger partial charge in [-0.25, -0.2) is 9.59 Å². The second-order valence-corrected chi connectivity index (χ2v) is 12.7. The lowest BCUT2D eigenvalue weighted by Crippen LogP contribution is -2.18. The van der Waals surface area contributed by atoms with Crippen LogP contribution in [0.15, 0.2) is 127 Å². The van der Waals surface area contributed by atoms with Crippen molar-refractivity contribution in [3.63, 3.8) is 0 Å². The van der Waals surface area contributed by atoms with E-state index < -0.39 is 12.1 Å². The summed E-state index contributed by atoms with van der Waals surface area (Å²) >= 11 is 0. The van der Waals surface area contributed by atoms with Gasteiger partial charge in [-0.1, -0.05) is 112 Å². The van der Waals surface area contributed by atoms with Crippen LogP contribution in [0.4, 0.5) is 4.79 Å². The Hall–Kier alpha value is -5.89. The molecule has 0 fully saturated rings. The lowest BCUT2D eigenvalue weighted by atomic mass is 9.78. The fourth-order valence-corrected chi connectivity index (χ4v) is 5.07. The summed E-state index contributed by atoms with van der Waals surface area (Å²) in [6, 6.07) is 40.8. The minimum Gasteiger partial charge on any atom is -0.497 e. The van der Waals surface area contributed by atoms with Crippen LogP contribution in [0.25, 0.3) is 0 Å². The summed E-state index contributed by atoms with van der Waals surface area (Å²) in [6.45, 7) is 11.9. The zero-order valence-electron chi connectivity index (χ0n) is 30.4. The van der Waals surface area contributed by atoms with Gasteiger partial charge in [0.2, 0.25) is 0 Å². The summed E-state index contributed by atoms with van der Waals surface area (Å²) in [7, 11) is 2.93. The topological polar surface area (TPSA) is 108 Å². The second kappa shape index (κ2) is 18.2. The van der Waals surface area contributed by atoms with E-state index in [2.05, 4.69) is 75.8 Å². The normalized spacial score (nSPS) is 10.7. The number of esters is 1. The van der Waals surface area contributed by atoms with E-state index in [-0.39, 0.29) is 16.8 Å². The molecule has 5 rings (SSSR count). The number of aryl methyl sites for hydroxylation is 1. The highest BCUT2D eigenvalue weighted by Crippen LogP contribution is 2.34. The molecule has 51 heavy (non-hydrogen) atoms. The van der Waals surface area contributed by atoms with Gasteiger partial charge in [0.15, 0.2) is 0 Å². The molecule has 0 saturated carbocycles. The Morgan fingerprint density at radius 2 is 0.882 bits per heavy atom. The zero-order chi connectivity index (χ0) is 37.6. The number of ether oxygens (including phenoxy) is 4. The van der Waals surface area contributed by atoms with E-state index in [0.29, 0.717) is 17.1 Å². The van der Waals surface area contributed by atoms with Gasteiger partial charge in [0.1, 0.15) is 17.2 Å². The van der Waals surface area contributed by atoms with E-state index >= 15 is 0 Å². The number of hydrogen-bond acceptors (Lipinski definition) is 7. The fourth-order valence-electron chi connectivity index (χ4n) is 5.07. The van der Waals surface area contributed by atoms with Gasteiger partial charge in [-0.15, -0.1) is 0 Å². The number of methoxy groups -OCH3 is 2. The number of rotatable bonds is 8. The number of carboxylic acid groups (broad SMARTS) is 1. The molecule has 0 heterocycles. The van der Waals surface area contributed by atoms with Crippen molar-refractivity contribution < 1.29 is 38.4 Å². The minimum atomic E-state index is -0.833. The highest BCUT2D eigenvalue weighted by molar-refractivity contribution is 5.90. The van der Waals surface area contributed by atoms with Crippen molar-refractivity contribution in [2.75, 3.05) is 14.2 Å². The van der Waals surface area contributed by atoms with Crippen LogP contribution in [0.1, 0.15) is 72.8 Å². The summed E-state index contributed by atoms with van der Waals surface area (Å²) < 4.78 is 20.1. The van der Waals surface area contributed by atoms with Crippen molar-refractivity contribution in [2.45, 2.75) is 52.4 Å². The molecule has 0 aliphatic carbocycles. The van der Waals surface area contributed by atoms with E-state index in [0.717, 1.165) is 18.2 Å². The number of hydrogen-bond donors (Lipinski definition) is 1. The summed E-state index contributed by atoms with van der Waals surface area (Å²) in [4.78, 5) is 32.2. The van der Waals surface area contributed by atoms with Crippen LogP contribution in [-0.4, -0.2) is 37.4 Å². The van der Waals surface area contributed by atoms with Crippen LogP contribution in [0.2, 0.25) is 0 Å². The third kappa shape index (κ3) is 11.6. The van der Waals surface area contributed by atoms with Gasteiger partial charge in [-0.05, 0) is 77.7 Å². The number of carbonyl (C=O) groups is 3. The molecular formula is C43H46O8. The number of aliphatic carboxylic acids is 1. The minimum absolute atomic E-state index is 0.115. The average Bonchev–Trinajstić information content (AvgIpc) is 3.12. The SMILES string of the molecule is CC(=O)O.COC(=O)Oc1ccc(C(C)(C)c2ccc(OC)cc2)cc1.Cc1ccc(C(C)(C)c2ccc(OC(=O)c3ccccc3)cc2)cc1. The van der Waals surface area contributed by atoms with Crippen molar-refractivity contribution in [3.05, 3.63) is 161 Å². The first-order chi connectivity index (χ1) is 24.2. The molecule has 0 unspecified atom stereocenters. The van der Waals surface area contributed by atoms with Gasteiger partial charge in [-0.2, -0.15) is 0 Å². The Kier molecular flexibility index (Phi) is 14.1. The molecule has 0 aliphatic rings. The van der Waals surface area contributed by atoms with Crippen LogP contribution >= 0.6 is 0 Å². The Morgan fingerprint density at radius 1 is 0.529 bits per heavy atom. The van der Waals surface area contributed by atoms with Crippen LogP contribution in [0.5, 0.6) is 17.2 Å². The Labute approximate surface area is 300 Å². The van der Waals surface area contributed by atoms with E-state index in [1.165, 1.54) is 29.4 Å². The van der Waals surface area contributed by atoms with Gasteiger partial charge in [0, 0.05) is 17.8 Å². The Balaban J connectivity index is 0.000000251. The molecule has 0 amide bonds. The van der Waals surface area contributed by atoms with Crippen LogP contribution < -0.4 is 14.2 Å². The molecule has 0 bridgehead atoms. The van der Waals surface area contributed by atoms with Gasteiger partial charge in [0.05, 0.1) is 19.8 Å². The van der Waals surface area contributed by atoms with Crippen molar-refractivity contribution in [3.8, 4) is 17.2 Å². The smallest absolute Gasteiger partial charge is 0.497 e. The number of carbonyl (C=O) groups excluding carboxylic acids is 2. The van der Waals surface area contributed by atoms with Crippen molar-refractivity contribution in [2.24, 2.45) is 0 Å². The summed E-state index contributed by atoms with van der Waals surface area (Å²) in [6.07, 6.45) is -0.720. The highest BCUT2D eigenvalue weighted by Gasteiger charge is 2.24. The number of benzene rings is 5. The maximum absolute atomic E-state index is 12.1. The first kappa shape index (κ1) is 39.5. The van der Waals surface area contributed by atoms with E-state index in [9.17, 15) is 9.59 Å². The maximum Gasteiger partial charge on any atom is 0.513 e. The van der Waals surface area contributed by atoms with Crippen LogP contribution in [0, 0.1) is 6.92 Å². The average molecular weight is 691 g/mol. The van der Waals surface area contributed by atoms with Gasteiger partial charge >= 0.3 is 12.1 Å². The molecule has 5 aromatic carbocycles. The molecule has 0 atom stereocenters. The molecular weight excluding hydrogens is 644 g/mol. The molecule has 0 spiro atoms. The van der Waals surface area contributed by atoms with Crippen molar-refractivity contribution in [1.29, 1.82) is 0 Å². The zero-order valence-corrected chi connectivity index (χ0v) is 30.4. The molecule has 0 saturated heterocycles. The van der Waals surface area contributed by atoms with Gasteiger partial charge < -0.3 is 24.1 Å². The molecule has 8 nitrogen and oxygen atoms in total. The lowest BCUT2D eigenvalue weighted by molar-refractivity contribution is -0.134. The van der Waals surface area contributed by atoms with Crippen LogP contribution in [0.3, 0.4) is 0 Å².